The lowest BCUT2D eigenvalue weighted by molar-refractivity contribution is -0.221. The SMILES string of the molecule is CCCCO[C@@H]1C=C2C3CC[C@H]([C@H](C)/C=C/[C@H](CC)C(C)C)[C@@]3(C)CCC2[C@@]2(C)CC[C@H](O)C[C@]12O. The Bertz CT molecular complexity index is 816. The molecule has 3 heteroatoms. The van der Waals surface area contributed by atoms with E-state index in [0.717, 1.165) is 32.1 Å². The molecular formula is C33H56O3. The van der Waals surface area contributed by atoms with Gasteiger partial charge in [0.05, 0.1) is 6.10 Å². The molecule has 0 aromatic rings. The molecule has 4 aliphatic rings. The number of ether oxygens (including phenoxy) is 1. The van der Waals surface area contributed by atoms with Crippen molar-refractivity contribution in [2.45, 2.75) is 130 Å². The van der Waals surface area contributed by atoms with Gasteiger partial charge in [-0.15, -0.1) is 0 Å². The van der Waals surface area contributed by atoms with Gasteiger partial charge in [-0.25, -0.2) is 0 Å². The molecule has 0 bridgehead atoms. The third-order valence-electron chi connectivity index (χ3n) is 11.7. The van der Waals surface area contributed by atoms with Crippen LogP contribution in [0.15, 0.2) is 23.8 Å². The first kappa shape index (κ1) is 28.4. The largest absolute Gasteiger partial charge is 0.393 e. The fourth-order valence-electron chi connectivity index (χ4n) is 9.25. The average Bonchev–Trinajstić information content (AvgIpc) is 3.18. The number of aliphatic hydroxyl groups excluding tert-OH is 1. The van der Waals surface area contributed by atoms with Crippen LogP contribution >= 0.6 is 0 Å². The Hall–Kier alpha value is -0.640. The smallest absolute Gasteiger partial charge is 0.105 e. The number of hydrogen-bond acceptors (Lipinski definition) is 3. The molecule has 0 aromatic heterocycles. The van der Waals surface area contributed by atoms with Crippen molar-refractivity contribution in [3.63, 3.8) is 0 Å². The van der Waals surface area contributed by atoms with Crippen LogP contribution in [0.2, 0.25) is 0 Å². The van der Waals surface area contributed by atoms with Crippen LogP contribution < -0.4 is 0 Å². The average molecular weight is 501 g/mol. The van der Waals surface area contributed by atoms with Gasteiger partial charge in [0.2, 0.25) is 0 Å². The molecule has 0 spiro atoms. The van der Waals surface area contributed by atoms with Crippen LogP contribution in [0, 0.1) is 46.3 Å². The molecule has 3 nitrogen and oxygen atoms in total. The molecule has 0 amide bonds. The van der Waals surface area contributed by atoms with E-state index in [2.05, 4.69) is 66.7 Å². The van der Waals surface area contributed by atoms with Crippen molar-refractivity contribution < 1.29 is 14.9 Å². The van der Waals surface area contributed by atoms with Gasteiger partial charge in [-0.3, -0.25) is 0 Å². The number of rotatable bonds is 9. The van der Waals surface area contributed by atoms with Crippen LogP contribution in [0.3, 0.4) is 0 Å². The molecule has 0 saturated heterocycles. The summed E-state index contributed by atoms with van der Waals surface area (Å²) < 4.78 is 6.47. The summed E-state index contributed by atoms with van der Waals surface area (Å²) >= 11 is 0. The molecule has 0 aliphatic heterocycles. The number of aliphatic hydroxyl groups is 2. The van der Waals surface area contributed by atoms with Crippen LogP contribution in [-0.4, -0.2) is 34.6 Å². The molecule has 36 heavy (non-hydrogen) atoms. The summed E-state index contributed by atoms with van der Waals surface area (Å²) in [4.78, 5) is 0. The summed E-state index contributed by atoms with van der Waals surface area (Å²) in [5.41, 5.74) is 0.727. The van der Waals surface area contributed by atoms with Gasteiger partial charge < -0.3 is 14.9 Å². The summed E-state index contributed by atoms with van der Waals surface area (Å²) in [7, 11) is 0. The predicted octanol–water partition coefficient (Wildman–Crippen LogP) is 7.71. The number of allylic oxidation sites excluding steroid dienone is 3. The highest BCUT2D eigenvalue weighted by Crippen LogP contribution is 2.67. The minimum absolute atomic E-state index is 0.219. The van der Waals surface area contributed by atoms with E-state index in [1.165, 1.54) is 25.7 Å². The van der Waals surface area contributed by atoms with Crippen LogP contribution in [0.1, 0.15) is 113 Å². The minimum Gasteiger partial charge on any atom is -0.393 e. The van der Waals surface area contributed by atoms with E-state index in [1.54, 1.807) is 5.57 Å². The van der Waals surface area contributed by atoms with Gasteiger partial charge in [-0.1, -0.05) is 78.7 Å². The lowest BCUT2D eigenvalue weighted by atomic mass is 9.45. The maximum Gasteiger partial charge on any atom is 0.105 e. The van der Waals surface area contributed by atoms with Crippen molar-refractivity contribution in [1.82, 2.24) is 0 Å². The highest BCUT2D eigenvalue weighted by atomic mass is 16.5. The quantitative estimate of drug-likeness (QED) is 0.252. The maximum absolute atomic E-state index is 12.2. The zero-order chi connectivity index (χ0) is 26.3. The Morgan fingerprint density at radius 3 is 2.44 bits per heavy atom. The van der Waals surface area contributed by atoms with Crippen molar-refractivity contribution in [1.29, 1.82) is 0 Å². The summed E-state index contributed by atoms with van der Waals surface area (Å²) in [6, 6.07) is 0. The summed E-state index contributed by atoms with van der Waals surface area (Å²) in [5.74, 6) is 3.69. The van der Waals surface area contributed by atoms with Gasteiger partial charge in [0.15, 0.2) is 0 Å². The second kappa shape index (κ2) is 10.9. The standard InChI is InChI=1S/C33H56O3/c1-8-10-19-36-30-20-26-28-14-13-27(23(5)11-12-24(9-2)22(3)4)31(28,6)17-16-29(26)32(7)18-15-25(34)21-33(30,32)35/h11-12,20,22-25,27-30,34-35H,8-10,13-19,21H2,1-7H3/b12-11+/t23-,24+,25+,27-,28?,29?,30-,31-,32-,33+/m1/s1. The third-order valence-corrected chi connectivity index (χ3v) is 11.7. The molecule has 10 atom stereocenters. The molecule has 3 fully saturated rings. The van der Waals surface area contributed by atoms with E-state index < -0.39 is 11.7 Å². The first-order valence-corrected chi connectivity index (χ1v) is 15.4. The molecule has 0 radical (unpaired) electrons. The van der Waals surface area contributed by atoms with Gasteiger partial charge in [-0.2, -0.15) is 0 Å². The first-order valence-electron chi connectivity index (χ1n) is 15.4. The molecular weight excluding hydrogens is 444 g/mol. The fraction of sp³-hybridized carbons (Fsp3) is 0.879. The Labute approximate surface area is 222 Å². The van der Waals surface area contributed by atoms with E-state index in [-0.39, 0.29) is 11.5 Å². The first-order chi connectivity index (χ1) is 17.0. The van der Waals surface area contributed by atoms with E-state index in [4.69, 9.17) is 4.74 Å². The topological polar surface area (TPSA) is 49.7 Å². The van der Waals surface area contributed by atoms with Gasteiger partial charge in [0.25, 0.3) is 0 Å². The molecule has 3 saturated carbocycles. The van der Waals surface area contributed by atoms with E-state index in [9.17, 15) is 10.2 Å². The summed E-state index contributed by atoms with van der Waals surface area (Å²) in [5, 5.41) is 22.8. The fourth-order valence-corrected chi connectivity index (χ4v) is 9.25. The monoisotopic (exact) mass is 500 g/mol. The zero-order valence-corrected chi connectivity index (χ0v) is 24.4. The summed E-state index contributed by atoms with van der Waals surface area (Å²) in [6.07, 6.45) is 17.1. The van der Waals surface area contributed by atoms with Crippen molar-refractivity contribution in [3.05, 3.63) is 23.8 Å². The van der Waals surface area contributed by atoms with Crippen molar-refractivity contribution in [2.24, 2.45) is 46.3 Å². The molecule has 0 heterocycles. The second-order valence-corrected chi connectivity index (χ2v) is 13.9. The third kappa shape index (κ3) is 4.68. The van der Waals surface area contributed by atoms with Crippen LogP contribution in [-0.2, 0) is 4.74 Å². The molecule has 206 valence electrons. The molecule has 4 rings (SSSR count). The van der Waals surface area contributed by atoms with E-state index in [0.29, 0.717) is 54.0 Å². The lowest BCUT2D eigenvalue weighted by Gasteiger charge is -2.62. The van der Waals surface area contributed by atoms with Crippen molar-refractivity contribution in [3.8, 4) is 0 Å². The number of hydrogen-bond donors (Lipinski definition) is 2. The normalized spacial score (nSPS) is 44.2. The highest BCUT2D eigenvalue weighted by molar-refractivity contribution is 5.33. The Kier molecular flexibility index (Phi) is 8.55. The molecule has 4 aliphatic carbocycles. The Morgan fingerprint density at radius 1 is 1.03 bits per heavy atom. The Balaban J connectivity index is 1.63. The van der Waals surface area contributed by atoms with E-state index in [1.807, 2.05) is 0 Å². The summed E-state index contributed by atoms with van der Waals surface area (Å²) in [6.45, 7) is 17.2. The maximum atomic E-state index is 12.2. The second-order valence-electron chi connectivity index (χ2n) is 13.9. The zero-order valence-electron chi connectivity index (χ0n) is 24.4. The predicted molar refractivity (Wildman–Crippen MR) is 150 cm³/mol. The minimum atomic E-state index is -0.972. The van der Waals surface area contributed by atoms with Crippen molar-refractivity contribution in [2.75, 3.05) is 6.61 Å². The molecule has 0 aromatic carbocycles. The van der Waals surface area contributed by atoms with Gasteiger partial charge in [0, 0.05) is 18.4 Å². The van der Waals surface area contributed by atoms with Gasteiger partial charge in [-0.05, 0) is 92.3 Å². The number of fused-ring (bicyclic) bond motifs is 5. The van der Waals surface area contributed by atoms with Crippen LogP contribution in [0.5, 0.6) is 0 Å². The molecule has 2 N–H and O–H groups in total. The van der Waals surface area contributed by atoms with Gasteiger partial charge >= 0.3 is 0 Å². The van der Waals surface area contributed by atoms with Gasteiger partial charge in [0.1, 0.15) is 11.7 Å². The van der Waals surface area contributed by atoms with Crippen LogP contribution in [0.25, 0.3) is 0 Å². The molecule has 2 unspecified atom stereocenters. The van der Waals surface area contributed by atoms with Crippen LogP contribution in [0.4, 0.5) is 0 Å². The van der Waals surface area contributed by atoms with Crippen molar-refractivity contribution >= 4 is 0 Å². The lowest BCUT2D eigenvalue weighted by Crippen LogP contribution is -2.66. The highest BCUT2D eigenvalue weighted by Gasteiger charge is 2.65. The number of unbranched alkanes of at least 4 members (excludes halogenated alkanes) is 1. The Morgan fingerprint density at radius 2 is 1.78 bits per heavy atom. The van der Waals surface area contributed by atoms with E-state index >= 15 is 0 Å².